The molecule has 0 heterocycles. The fourth-order valence-electron chi connectivity index (χ4n) is 2.22. The standard InChI is InChI=1S/C18H21NO3S/c1-12-4-7-16(13(2)10-12)21-8-9-22-17-11-14(20-3)5-6-15(17)18(19)23/h4-7,10-11H,8-9H2,1-3H3,(H2,19,23). The van der Waals surface area contributed by atoms with E-state index in [0.717, 1.165) is 11.3 Å². The molecule has 5 heteroatoms. The van der Waals surface area contributed by atoms with Gasteiger partial charge in [-0.05, 0) is 37.6 Å². The fourth-order valence-corrected chi connectivity index (χ4v) is 2.39. The SMILES string of the molecule is COc1ccc(C(N)=S)c(OCCOc2ccc(C)cc2C)c1. The highest BCUT2D eigenvalue weighted by atomic mass is 32.1. The Labute approximate surface area is 142 Å². The highest BCUT2D eigenvalue weighted by molar-refractivity contribution is 7.80. The second-order valence-electron chi connectivity index (χ2n) is 5.19. The van der Waals surface area contributed by atoms with Crippen LogP contribution in [0.25, 0.3) is 0 Å². The molecule has 122 valence electrons. The van der Waals surface area contributed by atoms with Gasteiger partial charge in [-0.2, -0.15) is 0 Å². The molecule has 0 bridgehead atoms. The lowest BCUT2D eigenvalue weighted by molar-refractivity contribution is 0.215. The van der Waals surface area contributed by atoms with Crippen molar-refractivity contribution < 1.29 is 14.2 Å². The van der Waals surface area contributed by atoms with E-state index in [0.29, 0.717) is 30.3 Å². The van der Waals surface area contributed by atoms with Crippen LogP contribution in [0.5, 0.6) is 17.2 Å². The van der Waals surface area contributed by atoms with E-state index in [1.807, 2.05) is 19.1 Å². The Morgan fingerprint density at radius 3 is 2.30 bits per heavy atom. The first-order valence-corrected chi connectivity index (χ1v) is 7.73. The van der Waals surface area contributed by atoms with Crippen molar-refractivity contribution in [1.29, 1.82) is 0 Å². The average molecular weight is 331 g/mol. The van der Waals surface area contributed by atoms with Gasteiger partial charge in [0.1, 0.15) is 35.5 Å². The summed E-state index contributed by atoms with van der Waals surface area (Å²) in [5, 5.41) is 0. The maximum absolute atomic E-state index is 5.75. The second-order valence-corrected chi connectivity index (χ2v) is 5.63. The van der Waals surface area contributed by atoms with E-state index in [9.17, 15) is 0 Å². The van der Waals surface area contributed by atoms with E-state index in [1.165, 1.54) is 5.56 Å². The molecule has 2 aromatic carbocycles. The fraction of sp³-hybridized carbons (Fsp3) is 0.278. The Bertz CT molecular complexity index is 701. The van der Waals surface area contributed by atoms with Gasteiger partial charge >= 0.3 is 0 Å². The van der Waals surface area contributed by atoms with Gasteiger partial charge in [0.05, 0.1) is 12.7 Å². The first kappa shape index (κ1) is 17.1. The number of ether oxygens (including phenoxy) is 3. The zero-order chi connectivity index (χ0) is 16.8. The van der Waals surface area contributed by atoms with E-state index in [4.69, 9.17) is 32.2 Å². The van der Waals surface area contributed by atoms with Crippen molar-refractivity contribution in [2.45, 2.75) is 13.8 Å². The summed E-state index contributed by atoms with van der Waals surface area (Å²) < 4.78 is 16.7. The van der Waals surface area contributed by atoms with E-state index in [1.54, 1.807) is 25.3 Å². The molecule has 0 aliphatic heterocycles. The van der Waals surface area contributed by atoms with Crippen molar-refractivity contribution in [3.63, 3.8) is 0 Å². The third-order valence-corrected chi connectivity index (χ3v) is 3.60. The molecule has 2 rings (SSSR count). The largest absolute Gasteiger partial charge is 0.497 e. The number of aryl methyl sites for hydroxylation is 2. The molecule has 0 aromatic heterocycles. The smallest absolute Gasteiger partial charge is 0.133 e. The van der Waals surface area contributed by atoms with Crippen molar-refractivity contribution in [1.82, 2.24) is 0 Å². The first-order valence-electron chi connectivity index (χ1n) is 7.32. The molecule has 0 amide bonds. The Hall–Kier alpha value is -2.27. The Balaban J connectivity index is 1.96. The van der Waals surface area contributed by atoms with Gasteiger partial charge in [-0.25, -0.2) is 0 Å². The quantitative estimate of drug-likeness (QED) is 0.622. The summed E-state index contributed by atoms with van der Waals surface area (Å²) in [5.74, 6) is 2.15. The highest BCUT2D eigenvalue weighted by Gasteiger charge is 2.08. The van der Waals surface area contributed by atoms with Crippen molar-refractivity contribution in [2.75, 3.05) is 20.3 Å². The van der Waals surface area contributed by atoms with Gasteiger partial charge in [-0.1, -0.05) is 29.9 Å². The molecule has 0 radical (unpaired) electrons. The maximum atomic E-state index is 5.75. The minimum Gasteiger partial charge on any atom is -0.497 e. The van der Waals surface area contributed by atoms with Crippen molar-refractivity contribution in [3.05, 3.63) is 53.1 Å². The van der Waals surface area contributed by atoms with Gasteiger partial charge in [0.15, 0.2) is 0 Å². The van der Waals surface area contributed by atoms with Crippen LogP contribution in [0.1, 0.15) is 16.7 Å². The van der Waals surface area contributed by atoms with Crippen LogP contribution in [0.3, 0.4) is 0 Å². The predicted octanol–water partition coefficient (Wildman–Crippen LogP) is 3.40. The van der Waals surface area contributed by atoms with Crippen molar-refractivity contribution in [3.8, 4) is 17.2 Å². The van der Waals surface area contributed by atoms with Gasteiger partial charge in [-0.15, -0.1) is 0 Å². The summed E-state index contributed by atoms with van der Waals surface area (Å²) in [5.41, 5.74) is 8.72. The van der Waals surface area contributed by atoms with Crippen LogP contribution in [-0.4, -0.2) is 25.3 Å². The lowest BCUT2D eigenvalue weighted by Gasteiger charge is -2.13. The molecular formula is C18H21NO3S. The molecule has 2 aromatic rings. The molecule has 23 heavy (non-hydrogen) atoms. The molecule has 0 aliphatic rings. The van der Waals surface area contributed by atoms with Crippen molar-refractivity contribution >= 4 is 17.2 Å². The average Bonchev–Trinajstić information content (AvgIpc) is 2.52. The second kappa shape index (κ2) is 7.83. The van der Waals surface area contributed by atoms with Crippen LogP contribution in [0.2, 0.25) is 0 Å². The third kappa shape index (κ3) is 4.60. The molecule has 0 aliphatic carbocycles. The Morgan fingerprint density at radius 1 is 1.00 bits per heavy atom. The van der Waals surface area contributed by atoms with Gasteiger partial charge < -0.3 is 19.9 Å². The maximum Gasteiger partial charge on any atom is 0.133 e. The molecule has 0 saturated heterocycles. The van der Waals surface area contributed by atoms with Crippen LogP contribution in [0, 0.1) is 13.8 Å². The molecular weight excluding hydrogens is 310 g/mol. The topological polar surface area (TPSA) is 53.7 Å². The van der Waals surface area contributed by atoms with Crippen LogP contribution in [-0.2, 0) is 0 Å². The minimum atomic E-state index is 0.290. The van der Waals surface area contributed by atoms with Gasteiger partial charge in [0.25, 0.3) is 0 Å². The van der Waals surface area contributed by atoms with Gasteiger partial charge in [0, 0.05) is 6.07 Å². The predicted molar refractivity (Wildman–Crippen MR) is 95.8 cm³/mol. The monoisotopic (exact) mass is 331 g/mol. The normalized spacial score (nSPS) is 10.2. The zero-order valence-electron chi connectivity index (χ0n) is 13.6. The molecule has 0 atom stereocenters. The van der Waals surface area contributed by atoms with E-state index < -0.39 is 0 Å². The van der Waals surface area contributed by atoms with Crippen LogP contribution in [0.4, 0.5) is 0 Å². The third-order valence-electron chi connectivity index (χ3n) is 3.38. The molecule has 4 nitrogen and oxygen atoms in total. The molecule has 2 N–H and O–H groups in total. The summed E-state index contributed by atoms with van der Waals surface area (Å²) in [6.45, 7) is 4.89. The molecule has 0 unspecified atom stereocenters. The van der Waals surface area contributed by atoms with E-state index in [-0.39, 0.29) is 4.99 Å². The minimum absolute atomic E-state index is 0.290. The van der Waals surface area contributed by atoms with Crippen LogP contribution in [0.15, 0.2) is 36.4 Å². The van der Waals surface area contributed by atoms with Crippen LogP contribution < -0.4 is 19.9 Å². The summed E-state index contributed by atoms with van der Waals surface area (Å²) >= 11 is 5.04. The lowest BCUT2D eigenvalue weighted by atomic mass is 10.1. The van der Waals surface area contributed by atoms with E-state index >= 15 is 0 Å². The number of hydrogen-bond donors (Lipinski definition) is 1. The van der Waals surface area contributed by atoms with Crippen molar-refractivity contribution in [2.24, 2.45) is 5.73 Å². The summed E-state index contributed by atoms with van der Waals surface area (Å²) in [7, 11) is 1.60. The number of thiocarbonyl (C=S) groups is 1. The number of rotatable bonds is 7. The summed E-state index contributed by atoms with van der Waals surface area (Å²) in [6, 6.07) is 11.4. The Kier molecular flexibility index (Phi) is 5.82. The van der Waals surface area contributed by atoms with Crippen LogP contribution >= 0.6 is 12.2 Å². The molecule has 0 fully saturated rings. The first-order chi connectivity index (χ1) is 11.0. The lowest BCUT2D eigenvalue weighted by Crippen LogP contribution is -2.15. The molecule has 0 spiro atoms. The summed E-state index contributed by atoms with van der Waals surface area (Å²) in [4.78, 5) is 0.290. The highest BCUT2D eigenvalue weighted by Crippen LogP contribution is 2.25. The van der Waals surface area contributed by atoms with Gasteiger partial charge in [-0.3, -0.25) is 0 Å². The number of nitrogens with two attached hydrogens (primary N) is 1. The Morgan fingerprint density at radius 2 is 1.70 bits per heavy atom. The number of hydrogen-bond acceptors (Lipinski definition) is 4. The number of benzene rings is 2. The van der Waals surface area contributed by atoms with E-state index in [2.05, 4.69) is 13.0 Å². The summed E-state index contributed by atoms with van der Waals surface area (Å²) in [6.07, 6.45) is 0. The number of methoxy groups -OCH3 is 1. The molecule has 0 saturated carbocycles. The zero-order valence-corrected chi connectivity index (χ0v) is 14.4. The van der Waals surface area contributed by atoms with Gasteiger partial charge in [0.2, 0.25) is 0 Å².